The molecule has 1 nitrogen and oxygen atoms in total. The average Bonchev–Trinajstić information content (AvgIpc) is 2.31. The van der Waals surface area contributed by atoms with Crippen molar-refractivity contribution in [1.82, 2.24) is 0 Å². The molecule has 2 aromatic rings. The van der Waals surface area contributed by atoms with Crippen LogP contribution >= 0.6 is 11.6 Å². The Morgan fingerprint density at radius 2 is 1.44 bits per heavy atom. The first-order valence-corrected chi connectivity index (χ1v) is 5.37. The van der Waals surface area contributed by atoms with Crippen molar-refractivity contribution in [2.24, 2.45) is 0 Å². The molecular weight excluding hydrogens is 220 g/mol. The molecule has 16 heavy (non-hydrogen) atoms. The summed E-state index contributed by atoms with van der Waals surface area (Å²) in [5.74, 6) is 0.736. The zero-order valence-electron chi connectivity index (χ0n) is 8.64. The van der Waals surface area contributed by atoms with E-state index in [1.807, 2.05) is 60.7 Å². The van der Waals surface area contributed by atoms with E-state index in [0.717, 1.165) is 11.3 Å². The fourth-order valence-electron chi connectivity index (χ4n) is 1.31. The lowest BCUT2D eigenvalue weighted by Crippen LogP contribution is -1.87. The minimum atomic E-state index is 0.359. The molecule has 0 N–H and O–H groups in total. The first kappa shape index (κ1) is 10.8. The minimum absolute atomic E-state index is 0.359. The van der Waals surface area contributed by atoms with Gasteiger partial charge in [0.2, 0.25) is 0 Å². The van der Waals surface area contributed by atoms with Crippen molar-refractivity contribution >= 4 is 17.7 Å². The van der Waals surface area contributed by atoms with Gasteiger partial charge in [-0.1, -0.05) is 48.5 Å². The van der Waals surface area contributed by atoms with Crippen LogP contribution in [0.4, 0.5) is 0 Å². The molecule has 0 radical (unpaired) electrons. The Hall–Kier alpha value is -1.73. The highest BCUT2D eigenvalue weighted by Crippen LogP contribution is 2.17. The highest BCUT2D eigenvalue weighted by Gasteiger charge is 1.96. The van der Waals surface area contributed by atoms with Crippen molar-refractivity contribution in [2.45, 2.75) is 0 Å². The van der Waals surface area contributed by atoms with E-state index >= 15 is 0 Å². The largest absolute Gasteiger partial charge is 0.445 e. The van der Waals surface area contributed by atoms with Gasteiger partial charge in [0, 0.05) is 6.08 Å². The highest BCUT2D eigenvalue weighted by molar-refractivity contribution is 6.30. The lowest BCUT2D eigenvalue weighted by Gasteiger charge is -2.03. The monoisotopic (exact) mass is 230 g/mol. The van der Waals surface area contributed by atoms with E-state index in [0.29, 0.717) is 5.22 Å². The van der Waals surface area contributed by atoms with Crippen LogP contribution in [0.15, 0.2) is 65.9 Å². The SMILES string of the molecule is ClC(=Cc1ccccc1)Oc1ccccc1. The second-order valence-electron chi connectivity index (χ2n) is 3.27. The summed E-state index contributed by atoms with van der Waals surface area (Å²) in [4.78, 5) is 0. The van der Waals surface area contributed by atoms with Crippen LogP contribution < -0.4 is 4.74 Å². The second-order valence-corrected chi connectivity index (χ2v) is 3.65. The van der Waals surface area contributed by atoms with Crippen LogP contribution in [0, 0.1) is 0 Å². The topological polar surface area (TPSA) is 9.23 Å². The molecule has 0 spiro atoms. The van der Waals surface area contributed by atoms with E-state index in [1.54, 1.807) is 6.08 Å². The van der Waals surface area contributed by atoms with Gasteiger partial charge in [-0.3, -0.25) is 0 Å². The van der Waals surface area contributed by atoms with Crippen LogP contribution in [0.3, 0.4) is 0 Å². The Balaban J connectivity index is 2.09. The maximum atomic E-state index is 5.99. The summed E-state index contributed by atoms with van der Waals surface area (Å²) in [6.07, 6.45) is 1.79. The first-order valence-electron chi connectivity index (χ1n) is 5.00. The standard InChI is InChI=1S/C14H11ClO/c15-14(11-12-7-3-1-4-8-12)16-13-9-5-2-6-10-13/h1-11H. The average molecular weight is 231 g/mol. The summed E-state index contributed by atoms with van der Waals surface area (Å²) >= 11 is 5.99. The summed E-state index contributed by atoms with van der Waals surface area (Å²) in [7, 11) is 0. The summed E-state index contributed by atoms with van der Waals surface area (Å²) in [6, 6.07) is 19.3. The van der Waals surface area contributed by atoms with Gasteiger partial charge >= 0.3 is 0 Å². The third kappa shape index (κ3) is 3.14. The van der Waals surface area contributed by atoms with Crippen molar-refractivity contribution in [3.05, 3.63) is 71.4 Å². The molecule has 0 fully saturated rings. The van der Waals surface area contributed by atoms with Crippen LogP contribution in [-0.2, 0) is 0 Å². The molecule has 0 amide bonds. The smallest absolute Gasteiger partial charge is 0.194 e. The van der Waals surface area contributed by atoms with Crippen molar-refractivity contribution in [3.8, 4) is 5.75 Å². The molecule has 0 aliphatic heterocycles. The lowest BCUT2D eigenvalue weighted by molar-refractivity contribution is 0.467. The van der Waals surface area contributed by atoms with E-state index < -0.39 is 0 Å². The Morgan fingerprint density at radius 1 is 0.875 bits per heavy atom. The summed E-state index contributed by atoms with van der Waals surface area (Å²) in [5, 5.41) is 0.359. The minimum Gasteiger partial charge on any atom is -0.445 e. The van der Waals surface area contributed by atoms with Crippen molar-refractivity contribution < 1.29 is 4.74 Å². The van der Waals surface area contributed by atoms with E-state index in [2.05, 4.69) is 0 Å². The molecule has 0 saturated carbocycles. The lowest BCUT2D eigenvalue weighted by atomic mass is 10.2. The zero-order valence-corrected chi connectivity index (χ0v) is 9.39. The maximum Gasteiger partial charge on any atom is 0.194 e. The number of para-hydroxylation sites is 1. The normalized spacial score (nSPS) is 11.2. The summed E-state index contributed by atoms with van der Waals surface area (Å²) in [5.41, 5.74) is 1.02. The van der Waals surface area contributed by atoms with E-state index in [1.165, 1.54) is 0 Å². The Kier molecular flexibility index (Phi) is 3.62. The zero-order chi connectivity index (χ0) is 11.2. The van der Waals surface area contributed by atoms with Gasteiger partial charge in [-0.15, -0.1) is 0 Å². The van der Waals surface area contributed by atoms with E-state index in [4.69, 9.17) is 16.3 Å². The molecular formula is C14H11ClO. The fourth-order valence-corrected chi connectivity index (χ4v) is 1.53. The Morgan fingerprint density at radius 3 is 2.06 bits per heavy atom. The van der Waals surface area contributed by atoms with Gasteiger partial charge in [0.1, 0.15) is 5.75 Å². The molecule has 0 bridgehead atoms. The predicted molar refractivity (Wildman–Crippen MR) is 67.3 cm³/mol. The van der Waals surface area contributed by atoms with Crippen LogP contribution in [0.25, 0.3) is 6.08 Å². The number of rotatable bonds is 3. The van der Waals surface area contributed by atoms with Gasteiger partial charge in [-0.25, -0.2) is 0 Å². The second kappa shape index (κ2) is 5.38. The van der Waals surface area contributed by atoms with Gasteiger partial charge in [0.25, 0.3) is 0 Å². The Labute approximate surface area is 99.9 Å². The predicted octanol–water partition coefficient (Wildman–Crippen LogP) is 4.30. The van der Waals surface area contributed by atoms with Gasteiger partial charge < -0.3 is 4.74 Å². The van der Waals surface area contributed by atoms with Crippen LogP contribution in [0.5, 0.6) is 5.75 Å². The molecule has 0 saturated heterocycles. The van der Waals surface area contributed by atoms with Crippen molar-refractivity contribution in [1.29, 1.82) is 0 Å². The van der Waals surface area contributed by atoms with Crippen LogP contribution in [0.2, 0.25) is 0 Å². The van der Waals surface area contributed by atoms with Gasteiger partial charge in [-0.05, 0) is 29.3 Å². The van der Waals surface area contributed by atoms with Crippen LogP contribution in [-0.4, -0.2) is 0 Å². The van der Waals surface area contributed by atoms with Gasteiger partial charge in [0.05, 0.1) is 0 Å². The molecule has 0 aliphatic carbocycles. The Bertz CT molecular complexity index is 463. The molecule has 2 heteroatoms. The molecule has 2 aromatic carbocycles. The molecule has 80 valence electrons. The quantitative estimate of drug-likeness (QED) is 0.715. The van der Waals surface area contributed by atoms with Gasteiger partial charge in [0.15, 0.2) is 5.22 Å². The molecule has 2 rings (SSSR count). The van der Waals surface area contributed by atoms with Crippen molar-refractivity contribution in [3.63, 3.8) is 0 Å². The van der Waals surface area contributed by atoms with Crippen LogP contribution in [0.1, 0.15) is 5.56 Å². The molecule has 0 aliphatic rings. The van der Waals surface area contributed by atoms with E-state index in [-0.39, 0.29) is 0 Å². The first-order chi connectivity index (χ1) is 7.84. The summed E-state index contributed by atoms with van der Waals surface area (Å²) < 4.78 is 5.44. The molecule has 0 unspecified atom stereocenters. The molecule has 0 atom stereocenters. The summed E-state index contributed by atoms with van der Waals surface area (Å²) in [6.45, 7) is 0. The number of halogens is 1. The number of hydrogen-bond acceptors (Lipinski definition) is 1. The third-order valence-corrected chi connectivity index (χ3v) is 2.22. The van der Waals surface area contributed by atoms with Gasteiger partial charge in [-0.2, -0.15) is 0 Å². The number of benzene rings is 2. The third-order valence-electron chi connectivity index (χ3n) is 2.04. The number of ether oxygens (including phenoxy) is 1. The van der Waals surface area contributed by atoms with Crippen molar-refractivity contribution in [2.75, 3.05) is 0 Å². The number of hydrogen-bond donors (Lipinski definition) is 0. The molecule has 0 aromatic heterocycles. The highest BCUT2D eigenvalue weighted by atomic mass is 35.5. The molecule has 0 heterocycles. The fraction of sp³-hybridized carbons (Fsp3) is 0. The van der Waals surface area contributed by atoms with E-state index in [9.17, 15) is 0 Å². The maximum absolute atomic E-state index is 5.99.